The molecule has 0 aliphatic heterocycles. The number of fused-ring (bicyclic) bond motifs is 1. The molecule has 3 rings (SSSR count). The van der Waals surface area contributed by atoms with Gasteiger partial charge in [-0.3, -0.25) is 9.59 Å². The summed E-state index contributed by atoms with van der Waals surface area (Å²) in [6, 6.07) is 20.2. The summed E-state index contributed by atoms with van der Waals surface area (Å²) in [5.74, 6) is -0.505. The van der Waals surface area contributed by atoms with E-state index in [0.29, 0.717) is 23.4 Å². The number of nitrogens with one attached hydrogen (secondary N) is 2. The molecule has 2 N–H and O–H groups in total. The van der Waals surface area contributed by atoms with Crippen LogP contribution in [0.3, 0.4) is 0 Å². The molecule has 0 bridgehead atoms. The third-order valence-corrected chi connectivity index (χ3v) is 3.86. The average molecular weight is 330 g/mol. The average Bonchev–Trinajstić information content (AvgIpc) is 2.66. The van der Waals surface area contributed by atoms with Crippen LogP contribution in [0.4, 0.5) is 5.69 Å². The molecule has 3 aromatic carbocycles. The molecular formula is C21H18N2O2. The second-order valence-corrected chi connectivity index (χ2v) is 5.53. The molecule has 0 spiro atoms. The van der Waals surface area contributed by atoms with Crippen LogP contribution in [-0.4, -0.2) is 18.4 Å². The maximum atomic E-state index is 12.8. The number of hydrogen-bond acceptors (Lipinski definition) is 2. The Morgan fingerprint density at radius 3 is 2.36 bits per heavy atom. The molecule has 4 heteroatoms. The first kappa shape index (κ1) is 16.5. The number of amides is 2. The number of carbonyl (C=O) groups is 2. The molecule has 25 heavy (non-hydrogen) atoms. The van der Waals surface area contributed by atoms with Gasteiger partial charge in [-0.05, 0) is 29.0 Å². The normalized spacial score (nSPS) is 10.2. The van der Waals surface area contributed by atoms with Crippen molar-refractivity contribution in [2.24, 2.45) is 0 Å². The van der Waals surface area contributed by atoms with Crippen molar-refractivity contribution in [2.45, 2.75) is 0 Å². The molecule has 0 heterocycles. The highest BCUT2D eigenvalue weighted by Gasteiger charge is 2.15. The lowest BCUT2D eigenvalue weighted by Crippen LogP contribution is -2.25. The van der Waals surface area contributed by atoms with Crippen molar-refractivity contribution in [1.82, 2.24) is 5.32 Å². The molecular weight excluding hydrogens is 312 g/mol. The molecule has 4 nitrogen and oxygen atoms in total. The third-order valence-electron chi connectivity index (χ3n) is 3.86. The van der Waals surface area contributed by atoms with Crippen LogP contribution in [0.2, 0.25) is 0 Å². The second-order valence-electron chi connectivity index (χ2n) is 5.53. The Kier molecular flexibility index (Phi) is 4.90. The Labute approximate surface area is 146 Å². The van der Waals surface area contributed by atoms with Gasteiger partial charge in [-0.2, -0.15) is 0 Å². The highest BCUT2D eigenvalue weighted by Crippen LogP contribution is 2.21. The Morgan fingerprint density at radius 2 is 1.52 bits per heavy atom. The van der Waals surface area contributed by atoms with Gasteiger partial charge in [-0.1, -0.05) is 54.6 Å². The van der Waals surface area contributed by atoms with Crippen LogP contribution in [-0.2, 0) is 0 Å². The van der Waals surface area contributed by atoms with Crippen LogP contribution >= 0.6 is 0 Å². The fourth-order valence-electron chi connectivity index (χ4n) is 2.66. The van der Waals surface area contributed by atoms with Crippen LogP contribution in [0.5, 0.6) is 0 Å². The number of hydrogen-bond donors (Lipinski definition) is 2. The van der Waals surface area contributed by atoms with E-state index < -0.39 is 0 Å². The van der Waals surface area contributed by atoms with Gasteiger partial charge in [0, 0.05) is 12.1 Å². The minimum absolute atomic E-state index is 0.249. The minimum atomic E-state index is -0.256. The van der Waals surface area contributed by atoms with Crippen molar-refractivity contribution in [3.63, 3.8) is 0 Å². The van der Waals surface area contributed by atoms with E-state index in [0.717, 1.165) is 10.8 Å². The molecule has 0 unspecified atom stereocenters. The molecule has 3 aromatic rings. The predicted octanol–water partition coefficient (Wildman–Crippen LogP) is 4.01. The van der Waals surface area contributed by atoms with Crippen molar-refractivity contribution in [3.05, 3.63) is 90.5 Å². The van der Waals surface area contributed by atoms with Crippen molar-refractivity contribution < 1.29 is 9.59 Å². The number of anilines is 1. The van der Waals surface area contributed by atoms with Crippen molar-refractivity contribution in [2.75, 3.05) is 11.9 Å². The summed E-state index contributed by atoms with van der Waals surface area (Å²) >= 11 is 0. The first-order chi connectivity index (χ1) is 12.2. The molecule has 0 atom stereocenters. The Morgan fingerprint density at radius 1 is 0.840 bits per heavy atom. The van der Waals surface area contributed by atoms with Gasteiger partial charge < -0.3 is 10.6 Å². The summed E-state index contributed by atoms with van der Waals surface area (Å²) in [5, 5.41) is 7.44. The van der Waals surface area contributed by atoms with Gasteiger partial charge in [-0.25, -0.2) is 0 Å². The van der Waals surface area contributed by atoms with Gasteiger partial charge in [0.25, 0.3) is 11.8 Å². The highest BCUT2D eigenvalue weighted by atomic mass is 16.2. The van der Waals surface area contributed by atoms with E-state index in [1.54, 1.807) is 36.4 Å². The quantitative estimate of drug-likeness (QED) is 0.695. The standard InChI is InChI=1S/C21H18N2O2/c1-2-14-22-20(24)18-11-5-6-13-19(18)23-21(25)17-12-7-9-15-8-3-4-10-16(15)17/h2-13H,1,14H2,(H,22,24)(H,23,25). The largest absolute Gasteiger partial charge is 0.349 e. The van der Waals surface area contributed by atoms with Gasteiger partial charge >= 0.3 is 0 Å². The molecule has 0 aliphatic carbocycles. The first-order valence-corrected chi connectivity index (χ1v) is 7.98. The van der Waals surface area contributed by atoms with E-state index in [4.69, 9.17) is 0 Å². The fourth-order valence-corrected chi connectivity index (χ4v) is 2.66. The topological polar surface area (TPSA) is 58.2 Å². The SMILES string of the molecule is C=CCNC(=O)c1ccccc1NC(=O)c1cccc2ccccc12. The Bertz CT molecular complexity index is 942. The zero-order valence-electron chi connectivity index (χ0n) is 13.7. The summed E-state index contributed by atoms with van der Waals surface area (Å²) in [4.78, 5) is 25.0. The van der Waals surface area contributed by atoms with Crippen LogP contribution in [0.15, 0.2) is 79.4 Å². The summed E-state index contributed by atoms with van der Waals surface area (Å²) < 4.78 is 0. The summed E-state index contributed by atoms with van der Waals surface area (Å²) in [7, 11) is 0. The van der Waals surface area contributed by atoms with E-state index in [1.807, 2.05) is 36.4 Å². The van der Waals surface area contributed by atoms with Gasteiger partial charge in [-0.15, -0.1) is 6.58 Å². The lowest BCUT2D eigenvalue weighted by molar-refractivity contribution is 0.0959. The number of para-hydroxylation sites is 1. The van der Waals surface area contributed by atoms with Crippen LogP contribution in [0.1, 0.15) is 20.7 Å². The van der Waals surface area contributed by atoms with Crippen molar-refractivity contribution in [1.29, 1.82) is 0 Å². The zero-order valence-corrected chi connectivity index (χ0v) is 13.7. The lowest BCUT2D eigenvalue weighted by atomic mass is 10.0. The molecule has 0 fully saturated rings. The minimum Gasteiger partial charge on any atom is -0.349 e. The van der Waals surface area contributed by atoms with Gasteiger partial charge in [0.2, 0.25) is 0 Å². The maximum Gasteiger partial charge on any atom is 0.256 e. The third kappa shape index (κ3) is 3.58. The van der Waals surface area contributed by atoms with Crippen LogP contribution in [0, 0.1) is 0 Å². The summed E-state index contributed by atoms with van der Waals surface area (Å²) in [6.07, 6.45) is 1.61. The van der Waals surface area contributed by atoms with E-state index in [-0.39, 0.29) is 11.8 Å². The molecule has 0 saturated carbocycles. The molecule has 0 aliphatic rings. The first-order valence-electron chi connectivity index (χ1n) is 7.98. The molecule has 2 amide bonds. The lowest BCUT2D eigenvalue weighted by Gasteiger charge is -2.12. The van der Waals surface area contributed by atoms with E-state index in [2.05, 4.69) is 17.2 Å². The van der Waals surface area contributed by atoms with Gasteiger partial charge in [0.1, 0.15) is 0 Å². The molecule has 0 radical (unpaired) electrons. The van der Waals surface area contributed by atoms with Crippen LogP contribution in [0.25, 0.3) is 10.8 Å². The zero-order chi connectivity index (χ0) is 17.6. The van der Waals surface area contributed by atoms with Crippen molar-refractivity contribution >= 4 is 28.3 Å². The van der Waals surface area contributed by atoms with Crippen LogP contribution < -0.4 is 10.6 Å². The Hall–Kier alpha value is -3.40. The van der Waals surface area contributed by atoms with E-state index in [9.17, 15) is 9.59 Å². The number of rotatable bonds is 5. The maximum absolute atomic E-state index is 12.8. The smallest absolute Gasteiger partial charge is 0.256 e. The molecule has 124 valence electrons. The summed E-state index contributed by atoms with van der Waals surface area (Å²) in [5.41, 5.74) is 1.46. The molecule has 0 saturated heterocycles. The van der Waals surface area contributed by atoms with Gasteiger partial charge in [0.15, 0.2) is 0 Å². The predicted molar refractivity (Wildman–Crippen MR) is 101 cm³/mol. The highest BCUT2D eigenvalue weighted by molar-refractivity contribution is 6.14. The number of benzene rings is 3. The van der Waals surface area contributed by atoms with E-state index in [1.165, 1.54) is 0 Å². The van der Waals surface area contributed by atoms with Crippen molar-refractivity contribution in [3.8, 4) is 0 Å². The Balaban J connectivity index is 1.91. The second kappa shape index (κ2) is 7.45. The van der Waals surface area contributed by atoms with Gasteiger partial charge in [0.05, 0.1) is 11.3 Å². The molecule has 0 aromatic heterocycles. The monoisotopic (exact) mass is 330 g/mol. The van der Waals surface area contributed by atoms with E-state index >= 15 is 0 Å². The summed E-state index contributed by atoms with van der Waals surface area (Å²) in [6.45, 7) is 3.95. The number of carbonyl (C=O) groups excluding carboxylic acids is 2. The fraction of sp³-hybridized carbons (Fsp3) is 0.0476.